The fraction of sp³-hybridized carbons (Fsp3) is 0.308. The Labute approximate surface area is 114 Å². The number of aromatic nitrogens is 1. The molecule has 0 spiro atoms. The molecule has 0 amide bonds. The molecule has 2 nitrogen and oxygen atoms in total. The van der Waals surface area contributed by atoms with Gasteiger partial charge in [-0.2, -0.15) is 11.3 Å². The van der Waals surface area contributed by atoms with Crippen LogP contribution in [0.3, 0.4) is 0 Å². The predicted molar refractivity (Wildman–Crippen MR) is 76.4 cm³/mol. The topological polar surface area (TPSA) is 24.9 Å². The number of hydrogen-bond acceptors (Lipinski definition) is 3. The van der Waals surface area contributed by atoms with E-state index in [9.17, 15) is 0 Å². The van der Waals surface area contributed by atoms with Crippen LogP contribution in [0.25, 0.3) is 0 Å². The molecule has 17 heavy (non-hydrogen) atoms. The van der Waals surface area contributed by atoms with E-state index in [1.54, 1.807) is 11.3 Å². The number of hydrogen-bond donors (Lipinski definition) is 1. The Morgan fingerprint density at radius 1 is 1.41 bits per heavy atom. The van der Waals surface area contributed by atoms with Crippen LogP contribution in [-0.2, 0) is 6.42 Å². The standard InChI is InChI=1S/C13H15BrN2S/c1-15-13(11-8-17-9-12(11)14)6-5-10-4-2-3-7-16-10/h2-4,7-9,13,15H,5-6H2,1H3. The molecule has 0 radical (unpaired) electrons. The van der Waals surface area contributed by atoms with Crippen molar-refractivity contribution in [1.29, 1.82) is 0 Å². The Morgan fingerprint density at radius 2 is 2.29 bits per heavy atom. The summed E-state index contributed by atoms with van der Waals surface area (Å²) >= 11 is 5.32. The highest BCUT2D eigenvalue weighted by Crippen LogP contribution is 2.29. The molecule has 0 saturated carbocycles. The third kappa shape index (κ3) is 3.37. The van der Waals surface area contributed by atoms with Crippen LogP contribution < -0.4 is 5.32 Å². The lowest BCUT2D eigenvalue weighted by Crippen LogP contribution is -2.17. The highest BCUT2D eigenvalue weighted by molar-refractivity contribution is 9.10. The molecule has 1 atom stereocenters. The first-order valence-corrected chi connectivity index (χ1v) is 7.33. The minimum Gasteiger partial charge on any atom is -0.313 e. The molecule has 2 heterocycles. The quantitative estimate of drug-likeness (QED) is 0.908. The number of aryl methyl sites for hydroxylation is 1. The van der Waals surface area contributed by atoms with Gasteiger partial charge in [0.05, 0.1) is 0 Å². The first kappa shape index (κ1) is 12.7. The van der Waals surface area contributed by atoms with Gasteiger partial charge in [0.2, 0.25) is 0 Å². The minimum absolute atomic E-state index is 0.387. The fourth-order valence-electron chi connectivity index (χ4n) is 1.83. The third-order valence-corrected chi connectivity index (χ3v) is 4.53. The van der Waals surface area contributed by atoms with E-state index in [0.717, 1.165) is 18.5 Å². The van der Waals surface area contributed by atoms with Crippen LogP contribution in [0.4, 0.5) is 0 Å². The van der Waals surface area contributed by atoms with E-state index in [2.05, 4.69) is 43.1 Å². The molecule has 90 valence electrons. The van der Waals surface area contributed by atoms with Crippen molar-refractivity contribution in [3.05, 3.63) is 50.9 Å². The van der Waals surface area contributed by atoms with Crippen molar-refractivity contribution in [3.63, 3.8) is 0 Å². The monoisotopic (exact) mass is 310 g/mol. The van der Waals surface area contributed by atoms with Gasteiger partial charge in [-0.1, -0.05) is 6.07 Å². The summed E-state index contributed by atoms with van der Waals surface area (Å²) in [5.74, 6) is 0. The smallest absolute Gasteiger partial charge is 0.0404 e. The SMILES string of the molecule is CNC(CCc1ccccn1)c1cscc1Br. The molecule has 2 rings (SSSR count). The molecule has 1 N–H and O–H groups in total. The molecule has 0 aliphatic heterocycles. The Morgan fingerprint density at radius 3 is 2.88 bits per heavy atom. The number of thiophene rings is 1. The maximum atomic E-state index is 4.35. The van der Waals surface area contributed by atoms with E-state index in [0.29, 0.717) is 6.04 Å². The van der Waals surface area contributed by atoms with E-state index in [1.807, 2.05) is 25.4 Å². The second-order valence-electron chi connectivity index (χ2n) is 3.88. The van der Waals surface area contributed by atoms with Crippen LogP contribution in [-0.4, -0.2) is 12.0 Å². The average molecular weight is 311 g/mol. The predicted octanol–water partition coefficient (Wildman–Crippen LogP) is 3.80. The van der Waals surface area contributed by atoms with E-state index in [4.69, 9.17) is 0 Å². The lowest BCUT2D eigenvalue weighted by Gasteiger charge is -2.15. The molecule has 2 aromatic heterocycles. The van der Waals surface area contributed by atoms with E-state index < -0.39 is 0 Å². The summed E-state index contributed by atoms with van der Waals surface area (Å²) < 4.78 is 1.20. The number of nitrogens with zero attached hydrogens (tertiary/aromatic N) is 1. The zero-order valence-corrected chi connectivity index (χ0v) is 12.1. The van der Waals surface area contributed by atoms with E-state index in [1.165, 1.54) is 10.0 Å². The molecule has 0 bridgehead atoms. The third-order valence-electron chi connectivity index (χ3n) is 2.78. The highest BCUT2D eigenvalue weighted by atomic mass is 79.9. The number of halogens is 1. The largest absolute Gasteiger partial charge is 0.313 e. The van der Waals surface area contributed by atoms with E-state index >= 15 is 0 Å². The van der Waals surface area contributed by atoms with Gasteiger partial charge < -0.3 is 5.32 Å². The van der Waals surface area contributed by atoms with Gasteiger partial charge in [0.25, 0.3) is 0 Å². The van der Waals surface area contributed by atoms with Crippen LogP contribution in [0.1, 0.15) is 23.7 Å². The van der Waals surface area contributed by atoms with Gasteiger partial charge in [-0.15, -0.1) is 0 Å². The van der Waals surface area contributed by atoms with Crippen molar-refractivity contribution in [1.82, 2.24) is 10.3 Å². The molecule has 0 aliphatic rings. The summed E-state index contributed by atoms with van der Waals surface area (Å²) in [4.78, 5) is 4.35. The zero-order valence-electron chi connectivity index (χ0n) is 9.69. The van der Waals surface area contributed by atoms with Crippen LogP contribution in [0.15, 0.2) is 39.6 Å². The summed E-state index contributed by atoms with van der Waals surface area (Å²) in [6, 6.07) is 6.46. The lowest BCUT2D eigenvalue weighted by molar-refractivity contribution is 0.545. The van der Waals surface area contributed by atoms with Gasteiger partial charge in [-0.3, -0.25) is 4.98 Å². The minimum atomic E-state index is 0.387. The molecular formula is C13H15BrN2S. The van der Waals surface area contributed by atoms with Crippen LogP contribution in [0.2, 0.25) is 0 Å². The number of rotatable bonds is 5. The Bertz CT molecular complexity index is 455. The van der Waals surface area contributed by atoms with Crippen LogP contribution >= 0.6 is 27.3 Å². The molecule has 0 saturated heterocycles. The maximum Gasteiger partial charge on any atom is 0.0404 e. The summed E-state index contributed by atoms with van der Waals surface area (Å²) in [5.41, 5.74) is 2.49. The fourth-order valence-corrected chi connectivity index (χ4v) is 3.46. The first-order chi connectivity index (χ1) is 8.31. The average Bonchev–Trinajstić information content (AvgIpc) is 2.78. The van der Waals surface area contributed by atoms with Crippen LogP contribution in [0, 0.1) is 0 Å². The summed E-state index contributed by atoms with van der Waals surface area (Å²) in [5, 5.41) is 7.69. The highest BCUT2D eigenvalue weighted by Gasteiger charge is 2.13. The first-order valence-electron chi connectivity index (χ1n) is 5.60. The lowest BCUT2D eigenvalue weighted by atomic mass is 10.0. The molecule has 0 aromatic carbocycles. The molecule has 2 aromatic rings. The number of pyridine rings is 1. The molecule has 1 unspecified atom stereocenters. The van der Waals surface area contributed by atoms with Gasteiger partial charge in [0.1, 0.15) is 0 Å². The van der Waals surface area contributed by atoms with Crippen molar-refractivity contribution in [3.8, 4) is 0 Å². The summed E-state index contributed by atoms with van der Waals surface area (Å²) in [6.07, 6.45) is 3.90. The normalized spacial score (nSPS) is 12.6. The molecule has 0 fully saturated rings. The van der Waals surface area contributed by atoms with Crippen molar-refractivity contribution in [2.75, 3.05) is 7.05 Å². The van der Waals surface area contributed by atoms with Crippen molar-refractivity contribution >= 4 is 27.3 Å². The van der Waals surface area contributed by atoms with Crippen LogP contribution in [0.5, 0.6) is 0 Å². The molecular weight excluding hydrogens is 296 g/mol. The summed E-state index contributed by atoms with van der Waals surface area (Å²) in [7, 11) is 2.01. The zero-order chi connectivity index (χ0) is 12.1. The van der Waals surface area contributed by atoms with Crippen molar-refractivity contribution in [2.24, 2.45) is 0 Å². The van der Waals surface area contributed by atoms with Gasteiger partial charge in [0.15, 0.2) is 0 Å². The molecule has 0 aliphatic carbocycles. The summed E-state index contributed by atoms with van der Waals surface area (Å²) in [6.45, 7) is 0. The van der Waals surface area contributed by atoms with Crippen molar-refractivity contribution in [2.45, 2.75) is 18.9 Å². The van der Waals surface area contributed by atoms with E-state index in [-0.39, 0.29) is 0 Å². The second-order valence-corrected chi connectivity index (χ2v) is 5.47. The van der Waals surface area contributed by atoms with Gasteiger partial charge in [-0.05, 0) is 58.9 Å². The second kappa shape index (κ2) is 6.28. The van der Waals surface area contributed by atoms with Gasteiger partial charge >= 0.3 is 0 Å². The van der Waals surface area contributed by atoms with Crippen molar-refractivity contribution < 1.29 is 0 Å². The van der Waals surface area contributed by atoms with Gasteiger partial charge in [-0.25, -0.2) is 0 Å². The Hall–Kier alpha value is -0.710. The number of nitrogens with one attached hydrogen (secondary N) is 1. The maximum absolute atomic E-state index is 4.35. The Kier molecular flexibility index (Phi) is 4.71. The Balaban J connectivity index is 2.00. The van der Waals surface area contributed by atoms with Gasteiger partial charge in [0, 0.05) is 27.8 Å². The molecule has 4 heteroatoms.